The van der Waals surface area contributed by atoms with Crippen LogP contribution in [0.1, 0.15) is 57.8 Å². The van der Waals surface area contributed by atoms with Crippen LogP contribution >= 0.6 is 0 Å². The highest BCUT2D eigenvalue weighted by Gasteiger charge is 2.52. The van der Waals surface area contributed by atoms with Crippen LogP contribution in [0.4, 0.5) is 0 Å². The third kappa shape index (κ3) is 3.32. The van der Waals surface area contributed by atoms with Gasteiger partial charge in [0.05, 0.1) is 0 Å². The van der Waals surface area contributed by atoms with E-state index in [1.165, 1.54) is 19.3 Å². The molecule has 2 unspecified atom stereocenters. The van der Waals surface area contributed by atoms with Crippen LogP contribution in [0, 0.1) is 0 Å². The Morgan fingerprint density at radius 1 is 0.900 bits per heavy atom. The van der Waals surface area contributed by atoms with Gasteiger partial charge in [-0.15, -0.1) is 0 Å². The second-order valence-corrected chi connectivity index (χ2v) is 6.16. The Balaban J connectivity index is 1.40. The monoisotopic (exact) mass is 281 g/mol. The summed E-state index contributed by atoms with van der Waals surface area (Å²) in [5.41, 5.74) is 0. The van der Waals surface area contributed by atoms with Gasteiger partial charge in [0.25, 0.3) is 5.91 Å². The van der Waals surface area contributed by atoms with Gasteiger partial charge >= 0.3 is 5.97 Å². The number of esters is 1. The first-order valence-electron chi connectivity index (χ1n) is 7.90. The van der Waals surface area contributed by atoms with E-state index in [0.29, 0.717) is 0 Å². The Kier molecular flexibility index (Phi) is 4.24. The molecular weight excluding hydrogens is 258 g/mol. The molecular formula is C15H23NO4. The molecule has 2 aliphatic carbocycles. The number of carbonyl (C=O) groups excluding carboxylic acids is 2. The third-order valence-electron chi connectivity index (χ3n) is 4.52. The molecule has 1 amide bonds. The first kappa shape index (κ1) is 13.9. The van der Waals surface area contributed by atoms with E-state index in [2.05, 4.69) is 5.32 Å². The van der Waals surface area contributed by atoms with Crippen molar-refractivity contribution in [3.05, 3.63) is 0 Å². The summed E-state index contributed by atoms with van der Waals surface area (Å²) in [6.07, 6.45) is 8.54. The molecule has 2 saturated carbocycles. The van der Waals surface area contributed by atoms with Gasteiger partial charge in [0.15, 0.2) is 12.2 Å². The second kappa shape index (κ2) is 6.12. The number of nitrogens with one attached hydrogen (secondary N) is 1. The Morgan fingerprint density at radius 3 is 2.25 bits per heavy atom. The Bertz CT molecular complexity index is 372. The van der Waals surface area contributed by atoms with Crippen LogP contribution in [0.15, 0.2) is 0 Å². The van der Waals surface area contributed by atoms with Gasteiger partial charge in [0.2, 0.25) is 0 Å². The highest BCUT2D eigenvalue weighted by atomic mass is 16.6. The SMILES string of the molecule is O=C(NC1CCCCC1)C1OC1C(=O)OC1CCCC1. The van der Waals surface area contributed by atoms with Crippen molar-refractivity contribution in [3.8, 4) is 0 Å². The molecule has 1 saturated heterocycles. The lowest BCUT2D eigenvalue weighted by atomic mass is 9.95. The summed E-state index contributed by atoms with van der Waals surface area (Å²) in [6.45, 7) is 0. The molecule has 3 rings (SSSR count). The maximum Gasteiger partial charge on any atom is 0.338 e. The van der Waals surface area contributed by atoms with Gasteiger partial charge in [-0.1, -0.05) is 19.3 Å². The predicted molar refractivity (Wildman–Crippen MR) is 72.0 cm³/mol. The van der Waals surface area contributed by atoms with E-state index >= 15 is 0 Å². The van der Waals surface area contributed by atoms with Crippen LogP contribution in [0.5, 0.6) is 0 Å². The number of carbonyl (C=O) groups is 2. The van der Waals surface area contributed by atoms with Crippen LogP contribution in [0.3, 0.4) is 0 Å². The molecule has 0 spiro atoms. The molecule has 0 bridgehead atoms. The Hall–Kier alpha value is -1.10. The summed E-state index contributed by atoms with van der Waals surface area (Å²) in [7, 11) is 0. The van der Waals surface area contributed by atoms with Crippen molar-refractivity contribution in [3.63, 3.8) is 0 Å². The number of rotatable bonds is 4. The number of amides is 1. The number of ether oxygens (including phenoxy) is 2. The van der Waals surface area contributed by atoms with Crippen molar-refractivity contribution in [2.45, 2.75) is 82.1 Å². The summed E-state index contributed by atoms with van der Waals surface area (Å²) < 4.78 is 10.6. The molecule has 0 aromatic rings. The first-order valence-corrected chi connectivity index (χ1v) is 7.90. The van der Waals surface area contributed by atoms with Gasteiger partial charge in [-0.25, -0.2) is 4.79 Å². The first-order chi connectivity index (χ1) is 9.74. The minimum Gasteiger partial charge on any atom is -0.460 e. The van der Waals surface area contributed by atoms with Crippen LogP contribution in [-0.2, 0) is 19.1 Å². The molecule has 0 radical (unpaired) electrons. The lowest BCUT2D eigenvalue weighted by Gasteiger charge is -2.22. The van der Waals surface area contributed by atoms with Gasteiger partial charge in [0.1, 0.15) is 6.10 Å². The molecule has 3 aliphatic rings. The maximum atomic E-state index is 12.0. The number of epoxide rings is 1. The van der Waals surface area contributed by atoms with Gasteiger partial charge in [0, 0.05) is 6.04 Å². The zero-order valence-electron chi connectivity index (χ0n) is 11.8. The quantitative estimate of drug-likeness (QED) is 0.629. The van der Waals surface area contributed by atoms with E-state index in [0.717, 1.165) is 38.5 Å². The molecule has 1 N–H and O–H groups in total. The second-order valence-electron chi connectivity index (χ2n) is 6.16. The van der Waals surface area contributed by atoms with Gasteiger partial charge in [-0.3, -0.25) is 4.79 Å². The van der Waals surface area contributed by atoms with E-state index in [4.69, 9.17) is 9.47 Å². The standard InChI is InChI=1S/C15H23NO4/c17-14(16-10-6-2-1-3-7-10)12-13(20-12)15(18)19-11-8-4-5-9-11/h10-13H,1-9H2,(H,16,17). The molecule has 5 heteroatoms. The van der Waals surface area contributed by atoms with E-state index in [1.54, 1.807) is 0 Å². The number of hydrogen-bond donors (Lipinski definition) is 1. The van der Waals surface area contributed by atoms with Crippen LogP contribution in [0.2, 0.25) is 0 Å². The maximum absolute atomic E-state index is 12.0. The summed E-state index contributed by atoms with van der Waals surface area (Å²) in [5, 5.41) is 2.99. The van der Waals surface area contributed by atoms with Crippen LogP contribution < -0.4 is 5.32 Å². The minimum absolute atomic E-state index is 0.0359. The van der Waals surface area contributed by atoms with E-state index < -0.39 is 12.2 Å². The Morgan fingerprint density at radius 2 is 1.55 bits per heavy atom. The van der Waals surface area contributed by atoms with Crippen molar-refractivity contribution < 1.29 is 19.1 Å². The number of hydrogen-bond acceptors (Lipinski definition) is 4. The molecule has 3 fully saturated rings. The molecule has 1 aliphatic heterocycles. The van der Waals surface area contributed by atoms with Crippen LogP contribution in [-0.4, -0.2) is 36.2 Å². The lowest BCUT2D eigenvalue weighted by molar-refractivity contribution is -0.150. The molecule has 20 heavy (non-hydrogen) atoms. The van der Waals surface area contributed by atoms with Gasteiger partial charge in [-0.2, -0.15) is 0 Å². The fourth-order valence-corrected chi connectivity index (χ4v) is 3.26. The molecule has 1 heterocycles. The summed E-state index contributed by atoms with van der Waals surface area (Å²) >= 11 is 0. The van der Waals surface area contributed by atoms with E-state index in [1.807, 2.05) is 0 Å². The summed E-state index contributed by atoms with van der Waals surface area (Å²) in [4.78, 5) is 23.8. The Labute approximate surface area is 119 Å². The summed E-state index contributed by atoms with van der Waals surface area (Å²) in [6, 6.07) is 0.256. The summed E-state index contributed by atoms with van der Waals surface area (Å²) in [5.74, 6) is -0.508. The van der Waals surface area contributed by atoms with Crippen molar-refractivity contribution in [1.29, 1.82) is 0 Å². The molecule has 0 aromatic heterocycles. The van der Waals surface area contributed by atoms with E-state index in [9.17, 15) is 9.59 Å². The van der Waals surface area contributed by atoms with Crippen molar-refractivity contribution >= 4 is 11.9 Å². The third-order valence-corrected chi connectivity index (χ3v) is 4.52. The van der Waals surface area contributed by atoms with Crippen molar-refractivity contribution in [2.24, 2.45) is 0 Å². The topological polar surface area (TPSA) is 67.9 Å². The largest absolute Gasteiger partial charge is 0.460 e. The molecule has 5 nitrogen and oxygen atoms in total. The fourth-order valence-electron chi connectivity index (χ4n) is 3.26. The van der Waals surface area contributed by atoms with Gasteiger partial charge in [-0.05, 0) is 38.5 Å². The van der Waals surface area contributed by atoms with E-state index in [-0.39, 0.29) is 24.0 Å². The molecule has 112 valence electrons. The van der Waals surface area contributed by atoms with Crippen LogP contribution in [0.25, 0.3) is 0 Å². The highest BCUT2D eigenvalue weighted by molar-refractivity contribution is 5.92. The van der Waals surface area contributed by atoms with Gasteiger partial charge < -0.3 is 14.8 Å². The lowest BCUT2D eigenvalue weighted by Crippen LogP contribution is -2.40. The molecule has 0 aromatic carbocycles. The average Bonchev–Trinajstić information content (AvgIpc) is 3.11. The minimum atomic E-state index is -0.667. The fraction of sp³-hybridized carbons (Fsp3) is 0.867. The molecule has 2 atom stereocenters. The van der Waals surface area contributed by atoms with Crippen molar-refractivity contribution in [2.75, 3.05) is 0 Å². The smallest absolute Gasteiger partial charge is 0.338 e. The highest BCUT2D eigenvalue weighted by Crippen LogP contribution is 2.28. The van der Waals surface area contributed by atoms with Crippen molar-refractivity contribution in [1.82, 2.24) is 5.32 Å². The zero-order chi connectivity index (χ0) is 13.9. The normalized spacial score (nSPS) is 31.0. The average molecular weight is 281 g/mol. The zero-order valence-corrected chi connectivity index (χ0v) is 11.8. The predicted octanol–water partition coefficient (Wildman–Crippen LogP) is 1.69.